The highest BCUT2D eigenvalue weighted by Gasteiger charge is 2.31. The average molecular weight is 319 g/mol. The molecule has 114 valence electrons. The van der Waals surface area contributed by atoms with E-state index < -0.39 is 11.7 Å². The molecule has 0 radical (unpaired) electrons. The Labute approximate surface area is 124 Å². The van der Waals surface area contributed by atoms with Gasteiger partial charge in [-0.15, -0.1) is 5.10 Å². The van der Waals surface area contributed by atoms with Crippen LogP contribution in [0.25, 0.3) is 5.69 Å². The molecule has 2 rings (SSSR count). The minimum atomic E-state index is -4.42. The third-order valence-electron chi connectivity index (χ3n) is 2.86. The van der Waals surface area contributed by atoms with E-state index in [1.807, 2.05) is 6.92 Å². The van der Waals surface area contributed by atoms with Crippen LogP contribution in [0.1, 0.15) is 24.6 Å². The lowest BCUT2D eigenvalue weighted by molar-refractivity contribution is -0.137. The molecule has 0 saturated heterocycles. The zero-order chi connectivity index (χ0) is 15.5. The van der Waals surface area contributed by atoms with E-state index in [0.29, 0.717) is 12.2 Å². The molecule has 0 aliphatic rings. The molecule has 0 aliphatic heterocycles. The van der Waals surface area contributed by atoms with Crippen molar-refractivity contribution in [2.45, 2.75) is 26.1 Å². The number of nitrogens with zero attached hydrogens (tertiary/aromatic N) is 3. The topological polar surface area (TPSA) is 42.7 Å². The Kier molecular flexibility index (Phi) is 4.84. The van der Waals surface area contributed by atoms with Crippen LogP contribution in [0.2, 0.25) is 5.02 Å². The summed E-state index contributed by atoms with van der Waals surface area (Å²) < 4.78 is 39.3. The van der Waals surface area contributed by atoms with Crippen molar-refractivity contribution in [1.82, 2.24) is 20.3 Å². The molecule has 1 heterocycles. The number of benzene rings is 1. The predicted octanol–water partition coefficient (Wildman–Crippen LogP) is 3.44. The van der Waals surface area contributed by atoms with E-state index in [1.165, 1.54) is 10.7 Å². The van der Waals surface area contributed by atoms with Gasteiger partial charge in [0.2, 0.25) is 0 Å². The van der Waals surface area contributed by atoms with Gasteiger partial charge in [-0.1, -0.05) is 23.7 Å². The van der Waals surface area contributed by atoms with Gasteiger partial charge in [-0.3, -0.25) is 0 Å². The molecular weight excluding hydrogens is 305 g/mol. The van der Waals surface area contributed by atoms with Crippen LogP contribution < -0.4 is 5.32 Å². The quantitative estimate of drug-likeness (QED) is 0.859. The number of aromatic nitrogens is 3. The van der Waals surface area contributed by atoms with Crippen LogP contribution >= 0.6 is 11.6 Å². The van der Waals surface area contributed by atoms with Crippen molar-refractivity contribution < 1.29 is 13.2 Å². The second-order valence-corrected chi connectivity index (χ2v) is 4.89. The van der Waals surface area contributed by atoms with Gasteiger partial charge in [-0.05, 0) is 31.2 Å². The van der Waals surface area contributed by atoms with Gasteiger partial charge < -0.3 is 5.32 Å². The molecule has 1 aromatic heterocycles. The van der Waals surface area contributed by atoms with E-state index in [0.717, 1.165) is 30.8 Å². The van der Waals surface area contributed by atoms with Gasteiger partial charge >= 0.3 is 6.18 Å². The highest BCUT2D eigenvalue weighted by molar-refractivity contribution is 6.32. The maximum atomic E-state index is 12.6. The average Bonchev–Trinajstić information content (AvgIpc) is 2.86. The van der Waals surface area contributed by atoms with Crippen molar-refractivity contribution in [3.8, 4) is 5.69 Å². The number of hydrogen-bond acceptors (Lipinski definition) is 3. The van der Waals surface area contributed by atoms with E-state index in [4.69, 9.17) is 11.6 Å². The van der Waals surface area contributed by atoms with Crippen LogP contribution in [0.4, 0.5) is 13.2 Å². The first-order valence-corrected chi connectivity index (χ1v) is 6.78. The summed E-state index contributed by atoms with van der Waals surface area (Å²) >= 11 is 5.95. The Bertz CT molecular complexity index is 610. The molecule has 0 spiro atoms. The molecule has 0 amide bonds. The van der Waals surface area contributed by atoms with Gasteiger partial charge in [-0.2, -0.15) is 13.2 Å². The molecule has 0 aliphatic carbocycles. The minimum absolute atomic E-state index is 0.0212. The summed E-state index contributed by atoms with van der Waals surface area (Å²) in [5, 5.41) is 10.8. The Morgan fingerprint density at radius 3 is 2.71 bits per heavy atom. The Morgan fingerprint density at radius 2 is 2.10 bits per heavy atom. The zero-order valence-corrected chi connectivity index (χ0v) is 12.0. The van der Waals surface area contributed by atoms with E-state index in [-0.39, 0.29) is 5.02 Å². The number of nitrogens with one attached hydrogen (secondary N) is 1. The van der Waals surface area contributed by atoms with Gasteiger partial charge in [0.25, 0.3) is 0 Å². The lowest BCUT2D eigenvalue weighted by Gasteiger charge is -2.11. The molecule has 1 N–H and O–H groups in total. The normalized spacial score (nSPS) is 11.9. The van der Waals surface area contributed by atoms with Gasteiger partial charge in [0.1, 0.15) is 0 Å². The maximum absolute atomic E-state index is 12.6. The molecule has 0 atom stereocenters. The van der Waals surface area contributed by atoms with Gasteiger partial charge in [-0.25, -0.2) is 4.68 Å². The Hall–Kier alpha value is -1.60. The van der Waals surface area contributed by atoms with Crippen LogP contribution in [0.3, 0.4) is 0 Å². The molecule has 0 bridgehead atoms. The van der Waals surface area contributed by atoms with E-state index in [9.17, 15) is 13.2 Å². The summed E-state index contributed by atoms with van der Waals surface area (Å²) in [5.41, 5.74) is 0.308. The third-order valence-corrected chi connectivity index (χ3v) is 3.16. The summed E-state index contributed by atoms with van der Waals surface area (Å²) in [4.78, 5) is 0. The maximum Gasteiger partial charge on any atom is 0.416 e. The Balaban J connectivity index is 2.29. The van der Waals surface area contributed by atoms with Crippen LogP contribution in [-0.2, 0) is 12.7 Å². The van der Waals surface area contributed by atoms with Crippen LogP contribution in [0, 0.1) is 0 Å². The molecule has 0 saturated carbocycles. The first-order chi connectivity index (χ1) is 9.93. The molecule has 8 heteroatoms. The summed E-state index contributed by atoms with van der Waals surface area (Å²) in [6.07, 6.45) is -1.89. The summed E-state index contributed by atoms with van der Waals surface area (Å²) in [5.74, 6) is 0. The third kappa shape index (κ3) is 3.74. The molecule has 0 unspecified atom stereocenters. The smallest absolute Gasteiger partial charge is 0.311 e. The molecule has 21 heavy (non-hydrogen) atoms. The van der Waals surface area contributed by atoms with E-state index in [2.05, 4.69) is 15.6 Å². The van der Waals surface area contributed by atoms with Crippen LogP contribution in [0.15, 0.2) is 24.4 Å². The molecule has 4 nitrogen and oxygen atoms in total. The van der Waals surface area contributed by atoms with Crippen molar-refractivity contribution >= 4 is 11.6 Å². The fraction of sp³-hybridized carbons (Fsp3) is 0.385. The van der Waals surface area contributed by atoms with Crippen molar-refractivity contribution in [3.05, 3.63) is 40.7 Å². The van der Waals surface area contributed by atoms with Crippen LogP contribution in [0.5, 0.6) is 0 Å². The minimum Gasteiger partial charge on any atom is -0.311 e. The van der Waals surface area contributed by atoms with E-state index >= 15 is 0 Å². The predicted molar refractivity (Wildman–Crippen MR) is 73.4 cm³/mol. The molecular formula is C13H14ClF3N4. The number of alkyl halides is 3. The number of halogens is 4. The fourth-order valence-corrected chi connectivity index (χ4v) is 2.09. The molecule has 0 fully saturated rings. The second kappa shape index (κ2) is 6.44. The second-order valence-electron chi connectivity index (χ2n) is 4.48. The summed E-state index contributed by atoms with van der Waals surface area (Å²) in [6, 6.07) is 3.16. The van der Waals surface area contributed by atoms with Gasteiger partial charge in [0, 0.05) is 6.54 Å². The lowest BCUT2D eigenvalue weighted by atomic mass is 10.2. The zero-order valence-electron chi connectivity index (χ0n) is 11.3. The number of rotatable bonds is 5. The first kappa shape index (κ1) is 15.8. The molecule has 2 aromatic rings. The highest BCUT2D eigenvalue weighted by Crippen LogP contribution is 2.33. The SMILES string of the molecule is CCCNCc1cnnn1-c1ccc(C(F)(F)F)cc1Cl. The van der Waals surface area contributed by atoms with Crippen LogP contribution in [-0.4, -0.2) is 21.5 Å². The summed E-state index contributed by atoms with van der Waals surface area (Å²) in [7, 11) is 0. The Morgan fingerprint density at radius 1 is 1.33 bits per heavy atom. The summed E-state index contributed by atoms with van der Waals surface area (Å²) in [6.45, 7) is 3.37. The van der Waals surface area contributed by atoms with Gasteiger partial charge in [0.15, 0.2) is 0 Å². The van der Waals surface area contributed by atoms with Crippen molar-refractivity contribution in [1.29, 1.82) is 0 Å². The fourth-order valence-electron chi connectivity index (χ4n) is 1.83. The first-order valence-electron chi connectivity index (χ1n) is 6.41. The monoisotopic (exact) mass is 318 g/mol. The standard InChI is InChI=1S/C13H14ClF3N4/c1-2-5-18-7-10-8-19-20-21(10)12-4-3-9(6-11(12)14)13(15,16)17/h3-4,6,8,18H,2,5,7H2,1H3. The van der Waals surface area contributed by atoms with Crippen molar-refractivity contribution in [2.75, 3.05) is 6.54 Å². The largest absolute Gasteiger partial charge is 0.416 e. The highest BCUT2D eigenvalue weighted by atomic mass is 35.5. The lowest BCUT2D eigenvalue weighted by Crippen LogP contribution is -2.17. The van der Waals surface area contributed by atoms with Gasteiger partial charge in [0.05, 0.1) is 28.2 Å². The van der Waals surface area contributed by atoms with E-state index in [1.54, 1.807) is 6.20 Å². The van der Waals surface area contributed by atoms with Crippen molar-refractivity contribution in [3.63, 3.8) is 0 Å². The molecule has 1 aromatic carbocycles. The van der Waals surface area contributed by atoms with Crippen molar-refractivity contribution in [2.24, 2.45) is 0 Å². The number of hydrogen-bond donors (Lipinski definition) is 1.